The molecule has 102 valence electrons. The molecule has 1 heterocycles. The van der Waals surface area contributed by atoms with Crippen LogP contribution in [0.25, 0.3) is 11.3 Å². The molecular formula is C15H21N3O. The van der Waals surface area contributed by atoms with E-state index in [0.717, 1.165) is 17.0 Å². The van der Waals surface area contributed by atoms with Crippen molar-refractivity contribution < 1.29 is 4.74 Å². The standard InChI is InChI=1S/C15H21N3O/c1-9-6-11(15(2,3)4)13(19-5)7-10(9)12-8-14(16)18-17-12/h6-8H,1-5H3,(H3,16,17,18). The predicted molar refractivity (Wildman–Crippen MR) is 78.4 cm³/mol. The molecule has 0 fully saturated rings. The van der Waals surface area contributed by atoms with E-state index < -0.39 is 0 Å². The number of benzene rings is 1. The first-order valence-corrected chi connectivity index (χ1v) is 6.33. The lowest BCUT2D eigenvalue weighted by Gasteiger charge is -2.23. The topological polar surface area (TPSA) is 63.9 Å². The lowest BCUT2D eigenvalue weighted by atomic mass is 9.84. The number of aryl methyl sites for hydroxylation is 1. The van der Waals surface area contributed by atoms with E-state index in [2.05, 4.69) is 44.0 Å². The van der Waals surface area contributed by atoms with Crippen LogP contribution in [-0.2, 0) is 5.41 Å². The second-order valence-electron chi connectivity index (χ2n) is 5.82. The summed E-state index contributed by atoms with van der Waals surface area (Å²) in [7, 11) is 1.70. The van der Waals surface area contributed by atoms with E-state index in [1.54, 1.807) is 7.11 Å². The summed E-state index contributed by atoms with van der Waals surface area (Å²) >= 11 is 0. The van der Waals surface area contributed by atoms with Gasteiger partial charge in [0.25, 0.3) is 0 Å². The summed E-state index contributed by atoms with van der Waals surface area (Å²) in [5, 5.41) is 6.91. The molecule has 0 aliphatic rings. The Bertz CT molecular complexity index is 594. The van der Waals surface area contributed by atoms with E-state index in [1.807, 2.05) is 12.1 Å². The van der Waals surface area contributed by atoms with Crippen LogP contribution < -0.4 is 10.5 Å². The van der Waals surface area contributed by atoms with Crippen molar-refractivity contribution in [2.75, 3.05) is 12.8 Å². The summed E-state index contributed by atoms with van der Waals surface area (Å²) in [5.41, 5.74) is 10.1. The average molecular weight is 259 g/mol. The highest BCUT2D eigenvalue weighted by Gasteiger charge is 2.21. The Hall–Kier alpha value is -1.97. The monoisotopic (exact) mass is 259 g/mol. The van der Waals surface area contributed by atoms with Gasteiger partial charge in [-0.1, -0.05) is 26.8 Å². The number of rotatable bonds is 2. The van der Waals surface area contributed by atoms with Gasteiger partial charge >= 0.3 is 0 Å². The number of hydrogen-bond donors (Lipinski definition) is 2. The molecule has 2 rings (SSSR count). The van der Waals surface area contributed by atoms with Crippen LogP contribution in [0.15, 0.2) is 18.2 Å². The van der Waals surface area contributed by atoms with Crippen LogP contribution in [0, 0.1) is 6.92 Å². The molecule has 19 heavy (non-hydrogen) atoms. The largest absolute Gasteiger partial charge is 0.496 e. The summed E-state index contributed by atoms with van der Waals surface area (Å²) in [6.07, 6.45) is 0. The number of nitrogens with two attached hydrogens (primary N) is 1. The highest BCUT2D eigenvalue weighted by molar-refractivity contribution is 5.69. The average Bonchev–Trinajstić information content (AvgIpc) is 2.74. The summed E-state index contributed by atoms with van der Waals surface area (Å²) in [4.78, 5) is 0. The molecule has 0 aliphatic carbocycles. The molecule has 0 amide bonds. The molecule has 3 N–H and O–H groups in total. The molecule has 1 aromatic heterocycles. The van der Waals surface area contributed by atoms with Gasteiger partial charge in [0.2, 0.25) is 0 Å². The Morgan fingerprint density at radius 2 is 1.89 bits per heavy atom. The number of H-pyrrole nitrogens is 1. The fourth-order valence-electron chi connectivity index (χ4n) is 2.21. The first-order valence-electron chi connectivity index (χ1n) is 6.33. The van der Waals surface area contributed by atoms with Crippen molar-refractivity contribution in [3.63, 3.8) is 0 Å². The summed E-state index contributed by atoms with van der Waals surface area (Å²) in [5.74, 6) is 1.38. The normalized spacial score (nSPS) is 11.6. The van der Waals surface area contributed by atoms with Crippen molar-refractivity contribution >= 4 is 5.82 Å². The van der Waals surface area contributed by atoms with Gasteiger partial charge in [-0.25, -0.2) is 0 Å². The first kappa shape index (κ1) is 13.5. The summed E-state index contributed by atoms with van der Waals surface area (Å²) in [6, 6.07) is 6.05. The quantitative estimate of drug-likeness (QED) is 0.870. The molecular weight excluding hydrogens is 238 g/mol. The predicted octanol–water partition coefficient (Wildman–Crippen LogP) is 3.27. The number of methoxy groups -OCH3 is 1. The first-order chi connectivity index (χ1) is 8.82. The Balaban J connectivity index is 2.60. The van der Waals surface area contributed by atoms with Gasteiger partial charge in [-0.15, -0.1) is 0 Å². The second-order valence-corrected chi connectivity index (χ2v) is 5.82. The maximum absolute atomic E-state index is 5.66. The maximum Gasteiger partial charge on any atom is 0.145 e. The number of nitrogens with zero attached hydrogens (tertiary/aromatic N) is 1. The van der Waals surface area contributed by atoms with Gasteiger partial charge in [-0.3, -0.25) is 5.10 Å². The smallest absolute Gasteiger partial charge is 0.145 e. The minimum atomic E-state index is 0.0433. The van der Waals surface area contributed by atoms with E-state index in [-0.39, 0.29) is 5.41 Å². The molecule has 0 aliphatic heterocycles. The number of nitrogen functional groups attached to an aromatic ring is 1. The van der Waals surface area contributed by atoms with E-state index in [9.17, 15) is 0 Å². The zero-order valence-electron chi connectivity index (χ0n) is 12.2. The lowest BCUT2D eigenvalue weighted by Crippen LogP contribution is -2.13. The molecule has 0 bridgehead atoms. The van der Waals surface area contributed by atoms with E-state index in [0.29, 0.717) is 5.82 Å². The molecule has 4 heteroatoms. The fourth-order valence-corrected chi connectivity index (χ4v) is 2.21. The van der Waals surface area contributed by atoms with Gasteiger partial charge in [-0.2, -0.15) is 5.10 Å². The number of hydrogen-bond acceptors (Lipinski definition) is 3. The molecule has 4 nitrogen and oxygen atoms in total. The SMILES string of the molecule is COc1cc(-c2cc(N)n[nH]2)c(C)cc1C(C)(C)C. The summed E-state index contributed by atoms with van der Waals surface area (Å²) in [6.45, 7) is 8.62. The van der Waals surface area contributed by atoms with Crippen LogP contribution in [0.3, 0.4) is 0 Å². The molecule has 2 aromatic rings. The zero-order valence-corrected chi connectivity index (χ0v) is 12.2. The van der Waals surface area contributed by atoms with Crippen LogP contribution in [0.2, 0.25) is 0 Å². The van der Waals surface area contributed by atoms with Crippen molar-refractivity contribution in [3.8, 4) is 17.0 Å². The van der Waals surface area contributed by atoms with Gasteiger partial charge < -0.3 is 10.5 Å². The minimum absolute atomic E-state index is 0.0433. The van der Waals surface area contributed by atoms with Crippen LogP contribution in [0.1, 0.15) is 31.9 Å². The van der Waals surface area contributed by atoms with Crippen LogP contribution in [0.4, 0.5) is 5.82 Å². The Morgan fingerprint density at radius 3 is 2.37 bits per heavy atom. The maximum atomic E-state index is 5.66. The molecule has 1 aromatic carbocycles. The van der Waals surface area contributed by atoms with E-state index >= 15 is 0 Å². The Kier molecular flexibility index (Phi) is 3.27. The third-order valence-electron chi connectivity index (χ3n) is 3.24. The summed E-state index contributed by atoms with van der Waals surface area (Å²) < 4.78 is 5.53. The number of aromatic amines is 1. The van der Waals surface area contributed by atoms with Gasteiger partial charge in [-0.05, 0) is 29.5 Å². The third kappa shape index (κ3) is 2.57. The number of anilines is 1. The van der Waals surface area contributed by atoms with Crippen molar-refractivity contribution in [1.29, 1.82) is 0 Å². The second kappa shape index (κ2) is 4.61. The molecule has 0 saturated heterocycles. The fraction of sp³-hybridized carbons (Fsp3) is 0.400. The zero-order chi connectivity index (χ0) is 14.2. The molecule has 0 atom stereocenters. The lowest BCUT2D eigenvalue weighted by molar-refractivity contribution is 0.397. The van der Waals surface area contributed by atoms with Gasteiger partial charge in [0.05, 0.1) is 12.8 Å². The molecule has 0 spiro atoms. The van der Waals surface area contributed by atoms with Gasteiger partial charge in [0.1, 0.15) is 11.6 Å². The van der Waals surface area contributed by atoms with Gasteiger partial charge in [0, 0.05) is 11.6 Å². The van der Waals surface area contributed by atoms with Gasteiger partial charge in [0.15, 0.2) is 0 Å². The van der Waals surface area contributed by atoms with Crippen molar-refractivity contribution in [3.05, 3.63) is 29.3 Å². The van der Waals surface area contributed by atoms with Crippen molar-refractivity contribution in [1.82, 2.24) is 10.2 Å². The highest BCUT2D eigenvalue weighted by atomic mass is 16.5. The van der Waals surface area contributed by atoms with Crippen molar-refractivity contribution in [2.24, 2.45) is 0 Å². The Labute approximate surface area is 114 Å². The number of ether oxygens (including phenoxy) is 1. The van der Waals surface area contributed by atoms with Crippen LogP contribution in [0.5, 0.6) is 5.75 Å². The van der Waals surface area contributed by atoms with Crippen LogP contribution in [-0.4, -0.2) is 17.3 Å². The van der Waals surface area contributed by atoms with E-state index in [1.165, 1.54) is 11.1 Å². The molecule has 0 unspecified atom stereocenters. The minimum Gasteiger partial charge on any atom is -0.496 e. The van der Waals surface area contributed by atoms with Crippen LogP contribution >= 0.6 is 0 Å². The highest BCUT2D eigenvalue weighted by Crippen LogP contribution is 2.36. The van der Waals surface area contributed by atoms with E-state index in [4.69, 9.17) is 10.5 Å². The number of aromatic nitrogens is 2. The molecule has 0 saturated carbocycles. The third-order valence-corrected chi connectivity index (χ3v) is 3.24. The van der Waals surface area contributed by atoms with Crippen molar-refractivity contribution in [2.45, 2.75) is 33.1 Å². The number of nitrogens with one attached hydrogen (secondary N) is 1. The Morgan fingerprint density at radius 1 is 1.21 bits per heavy atom. The molecule has 0 radical (unpaired) electrons.